The van der Waals surface area contributed by atoms with Crippen LogP contribution in [0.15, 0.2) is 11.4 Å². The third-order valence-corrected chi connectivity index (χ3v) is 2.23. The van der Waals surface area contributed by atoms with E-state index in [4.69, 9.17) is 22.8 Å². The molecule has 0 fully saturated rings. The molecule has 1 aromatic heterocycles. The zero-order valence-corrected chi connectivity index (χ0v) is 8.52. The zero-order chi connectivity index (χ0) is 9.68. The van der Waals surface area contributed by atoms with Gasteiger partial charge in [0.25, 0.3) is 0 Å². The third-order valence-electron chi connectivity index (χ3n) is 1.19. The summed E-state index contributed by atoms with van der Waals surface area (Å²) in [5, 5.41) is 0.862. The molecule has 0 atom stereocenters. The Labute approximate surface area is 85.9 Å². The molecule has 5 heteroatoms. The minimum atomic E-state index is 0.303. The Bertz CT molecular complexity index is 337. The zero-order valence-electron chi connectivity index (χ0n) is 6.95. The van der Waals surface area contributed by atoms with E-state index in [1.54, 1.807) is 0 Å². The van der Waals surface area contributed by atoms with Gasteiger partial charge in [-0.25, -0.2) is 9.97 Å². The first kappa shape index (κ1) is 10.2. The molecule has 0 aliphatic carbocycles. The van der Waals surface area contributed by atoms with Gasteiger partial charge >= 0.3 is 0 Å². The Morgan fingerprint density at radius 3 is 3.08 bits per heavy atom. The van der Waals surface area contributed by atoms with Gasteiger partial charge in [-0.15, -0.1) is 6.42 Å². The average Bonchev–Trinajstić information content (AvgIpc) is 2.15. The summed E-state index contributed by atoms with van der Waals surface area (Å²) in [5.74, 6) is 3.47. The molecular weight excluding hydrogens is 208 g/mol. The molecule has 0 amide bonds. The van der Waals surface area contributed by atoms with Gasteiger partial charge in [-0.2, -0.15) is 0 Å². The van der Waals surface area contributed by atoms with Crippen LogP contribution in [-0.4, -0.2) is 22.8 Å². The van der Waals surface area contributed by atoms with Crippen LogP contribution in [0.5, 0.6) is 5.75 Å². The first-order chi connectivity index (χ1) is 6.27. The van der Waals surface area contributed by atoms with E-state index < -0.39 is 0 Å². The predicted octanol–water partition coefficient (Wildman–Crippen LogP) is 1.86. The van der Waals surface area contributed by atoms with E-state index in [2.05, 4.69) is 15.9 Å². The standard InChI is InChI=1S/C8H7ClN2OS/c1-3-4-13-8-10-5-6(12-2)7(9)11-8/h1,5H,4H2,2H3. The summed E-state index contributed by atoms with van der Waals surface area (Å²) in [7, 11) is 1.51. The molecule has 0 bridgehead atoms. The van der Waals surface area contributed by atoms with E-state index in [0.717, 1.165) is 0 Å². The molecule has 0 spiro atoms. The Kier molecular flexibility index (Phi) is 3.87. The second kappa shape index (κ2) is 4.95. The maximum Gasteiger partial charge on any atom is 0.190 e. The van der Waals surface area contributed by atoms with Crippen LogP contribution in [0, 0.1) is 12.3 Å². The number of thioether (sulfide) groups is 1. The maximum absolute atomic E-state index is 5.77. The minimum absolute atomic E-state index is 0.303. The fourth-order valence-electron chi connectivity index (χ4n) is 0.648. The number of hydrogen-bond donors (Lipinski definition) is 0. The molecule has 0 aliphatic heterocycles. The first-order valence-corrected chi connectivity index (χ1v) is 4.77. The van der Waals surface area contributed by atoms with Crippen LogP contribution >= 0.6 is 23.4 Å². The van der Waals surface area contributed by atoms with Gasteiger partial charge in [-0.05, 0) is 0 Å². The van der Waals surface area contributed by atoms with Crippen molar-refractivity contribution in [2.45, 2.75) is 5.16 Å². The van der Waals surface area contributed by atoms with Crippen molar-refractivity contribution < 1.29 is 4.74 Å². The molecule has 13 heavy (non-hydrogen) atoms. The molecule has 0 saturated carbocycles. The number of hydrogen-bond acceptors (Lipinski definition) is 4. The van der Waals surface area contributed by atoms with E-state index in [1.165, 1.54) is 25.1 Å². The van der Waals surface area contributed by atoms with Crippen LogP contribution in [-0.2, 0) is 0 Å². The Hall–Kier alpha value is -0.920. The summed E-state index contributed by atoms with van der Waals surface area (Å²) >= 11 is 7.12. The topological polar surface area (TPSA) is 35.0 Å². The highest BCUT2D eigenvalue weighted by Crippen LogP contribution is 2.23. The molecule has 0 aromatic carbocycles. The second-order valence-corrected chi connectivity index (χ2v) is 3.31. The lowest BCUT2D eigenvalue weighted by Crippen LogP contribution is -1.92. The highest BCUT2D eigenvalue weighted by atomic mass is 35.5. The lowest BCUT2D eigenvalue weighted by atomic mass is 10.6. The van der Waals surface area contributed by atoms with Crippen LogP contribution in [0.3, 0.4) is 0 Å². The minimum Gasteiger partial charge on any atom is -0.492 e. The van der Waals surface area contributed by atoms with Gasteiger partial charge in [0.1, 0.15) is 0 Å². The number of halogens is 1. The van der Waals surface area contributed by atoms with Crippen molar-refractivity contribution in [3.63, 3.8) is 0 Å². The summed E-state index contributed by atoms with van der Waals surface area (Å²) in [6.07, 6.45) is 6.61. The van der Waals surface area contributed by atoms with E-state index >= 15 is 0 Å². The highest BCUT2D eigenvalue weighted by Gasteiger charge is 2.04. The normalized spacial score (nSPS) is 9.31. The third kappa shape index (κ3) is 2.79. The number of rotatable bonds is 3. The molecule has 0 unspecified atom stereocenters. The van der Waals surface area contributed by atoms with Crippen LogP contribution in [0.2, 0.25) is 5.15 Å². The Morgan fingerprint density at radius 2 is 2.54 bits per heavy atom. The van der Waals surface area contributed by atoms with Crippen molar-refractivity contribution in [1.82, 2.24) is 9.97 Å². The molecule has 1 rings (SSSR count). The van der Waals surface area contributed by atoms with E-state index in [1.807, 2.05) is 0 Å². The number of nitrogens with zero attached hydrogens (tertiary/aromatic N) is 2. The predicted molar refractivity (Wildman–Crippen MR) is 53.2 cm³/mol. The van der Waals surface area contributed by atoms with Crippen LogP contribution < -0.4 is 4.74 Å². The van der Waals surface area contributed by atoms with Gasteiger partial charge in [0, 0.05) is 0 Å². The van der Waals surface area contributed by atoms with Crippen molar-refractivity contribution in [2.24, 2.45) is 0 Å². The number of ether oxygens (including phenoxy) is 1. The number of terminal acetylenes is 1. The second-order valence-electron chi connectivity index (χ2n) is 2.00. The molecule has 0 N–H and O–H groups in total. The van der Waals surface area contributed by atoms with Crippen molar-refractivity contribution in [1.29, 1.82) is 0 Å². The number of aromatic nitrogens is 2. The van der Waals surface area contributed by atoms with E-state index in [0.29, 0.717) is 21.8 Å². The van der Waals surface area contributed by atoms with E-state index in [9.17, 15) is 0 Å². The summed E-state index contributed by atoms with van der Waals surface area (Å²) in [6, 6.07) is 0. The molecular formula is C8H7ClN2OS. The summed E-state index contributed by atoms with van der Waals surface area (Å²) in [6.45, 7) is 0. The molecule has 68 valence electrons. The summed E-state index contributed by atoms with van der Waals surface area (Å²) in [4.78, 5) is 7.97. The van der Waals surface area contributed by atoms with Gasteiger partial charge in [0.05, 0.1) is 19.1 Å². The smallest absolute Gasteiger partial charge is 0.190 e. The lowest BCUT2D eigenvalue weighted by molar-refractivity contribution is 0.409. The molecule has 1 heterocycles. The van der Waals surface area contributed by atoms with Gasteiger partial charge in [0.2, 0.25) is 0 Å². The Morgan fingerprint density at radius 1 is 1.77 bits per heavy atom. The van der Waals surface area contributed by atoms with Crippen LogP contribution in [0.4, 0.5) is 0 Å². The molecule has 0 saturated heterocycles. The quantitative estimate of drug-likeness (QED) is 0.333. The van der Waals surface area contributed by atoms with Gasteiger partial charge in [-0.3, -0.25) is 0 Å². The summed E-state index contributed by atoms with van der Waals surface area (Å²) in [5.41, 5.74) is 0. The molecule has 3 nitrogen and oxygen atoms in total. The van der Waals surface area contributed by atoms with Crippen molar-refractivity contribution in [2.75, 3.05) is 12.9 Å². The SMILES string of the molecule is C#CCSc1ncc(OC)c(Cl)n1. The maximum atomic E-state index is 5.77. The molecule has 0 radical (unpaired) electrons. The van der Waals surface area contributed by atoms with Gasteiger partial charge in [-0.1, -0.05) is 29.3 Å². The monoisotopic (exact) mass is 214 g/mol. The van der Waals surface area contributed by atoms with Crippen molar-refractivity contribution in [3.8, 4) is 18.1 Å². The van der Waals surface area contributed by atoms with Crippen LogP contribution in [0.1, 0.15) is 0 Å². The fraction of sp³-hybridized carbons (Fsp3) is 0.250. The molecule has 1 aromatic rings. The Balaban J connectivity index is 2.78. The van der Waals surface area contributed by atoms with E-state index in [-0.39, 0.29) is 0 Å². The van der Waals surface area contributed by atoms with Crippen LogP contribution in [0.25, 0.3) is 0 Å². The van der Waals surface area contributed by atoms with Crippen molar-refractivity contribution in [3.05, 3.63) is 11.3 Å². The average molecular weight is 215 g/mol. The molecule has 0 aliphatic rings. The van der Waals surface area contributed by atoms with Gasteiger partial charge < -0.3 is 4.74 Å². The fourth-order valence-corrected chi connectivity index (χ4v) is 1.40. The first-order valence-electron chi connectivity index (χ1n) is 3.40. The lowest BCUT2D eigenvalue weighted by Gasteiger charge is -2.01. The number of methoxy groups -OCH3 is 1. The van der Waals surface area contributed by atoms with Gasteiger partial charge in [0.15, 0.2) is 16.1 Å². The largest absolute Gasteiger partial charge is 0.492 e. The van der Waals surface area contributed by atoms with Crippen molar-refractivity contribution >= 4 is 23.4 Å². The highest BCUT2D eigenvalue weighted by molar-refractivity contribution is 7.99. The summed E-state index contributed by atoms with van der Waals surface area (Å²) < 4.78 is 4.90.